The third-order valence-corrected chi connectivity index (χ3v) is 2.08. The van der Waals surface area contributed by atoms with Crippen LogP contribution in [0.25, 0.3) is 0 Å². The van der Waals surface area contributed by atoms with Crippen LogP contribution in [0.3, 0.4) is 0 Å². The van der Waals surface area contributed by atoms with Crippen molar-refractivity contribution in [3.8, 4) is 0 Å². The summed E-state index contributed by atoms with van der Waals surface area (Å²) >= 11 is 1.20. The summed E-state index contributed by atoms with van der Waals surface area (Å²) in [4.78, 5) is 0.773. The van der Waals surface area contributed by atoms with E-state index in [1.54, 1.807) is 0 Å². The fraction of sp³-hybridized carbons (Fsp3) is 0.333. The molecule has 54 valence electrons. The van der Waals surface area contributed by atoms with Crippen LogP contribution >= 0.6 is 11.5 Å². The molecule has 0 aromatic carbocycles. The van der Waals surface area contributed by atoms with E-state index < -0.39 is 6.10 Å². The van der Waals surface area contributed by atoms with Crippen LogP contribution in [-0.4, -0.2) is 14.7 Å². The highest BCUT2D eigenvalue weighted by molar-refractivity contribution is 7.05. The molecule has 1 rings (SSSR count). The van der Waals surface area contributed by atoms with Gasteiger partial charge in [0, 0.05) is 0 Å². The number of hydrogen-bond acceptors (Lipinski definition) is 4. The highest BCUT2D eigenvalue weighted by atomic mass is 32.1. The summed E-state index contributed by atoms with van der Waals surface area (Å²) in [6, 6.07) is 0. The lowest BCUT2D eigenvalue weighted by atomic mass is 10.2. The lowest BCUT2D eigenvalue weighted by molar-refractivity contribution is 0.232. The van der Waals surface area contributed by atoms with Crippen LogP contribution in [0.5, 0.6) is 0 Å². The predicted octanol–water partition coefficient (Wildman–Crippen LogP) is 1.07. The molecule has 0 fully saturated rings. The molecule has 1 aromatic heterocycles. The summed E-state index contributed by atoms with van der Waals surface area (Å²) in [7, 11) is 0. The van der Waals surface area contributed by atoms with Crippen LogP contribution in [0.2, 0.25) is 0 Å². The summed E-state index contributed by atoms with van der Waals surface area (Å²) in [5.41, 5.74) is 0.775. The van der Waals surface area contributed by atoms with Gasteiger partial charge in [-0.05, 0) is 18.5 Å². The molecule has 0 aliphatic rings. The van der Waals surface area contributed by atoms with Crippen molar-refractivity contribution in [3.05, 3.63) is 23.2 Å². The smallest absolute Gasteiger partial charge is 0.110 e. The Bertz CT molecular complexity index is 233. The van der Waals surface area contributed by atoms with Gasteiger partial charge in [0.15, 0.2) is 0 Å². The van der Waals surface area contributed by atoms with Gasteiger partial charge < -0.3 is 5.11 Å². The fourth-order valence-electron chi connectivity index (χ4n) is 0.616. The van der Waals surface area contributed by atoms with E-state index in [0.717, 1.165) is 10.6 Å². The Kier molecular flexibility index (Phi) is 2.13. The highest BCUT2D eigenvalue weighted by Gasteiger charge is 2.09. The molecule has 0 aliphatic carbocycles. The summed E-state index contributed by atoms with van der Waals surface area (Å²) in [6.07, 6.45) is 0.849. The number of aliphatic hydroxyl groups excluding tert-OH is 1. The molecular formula is C6H8N2OS. The number of aromatic nitrogens is 2. The number of hydrogen-bond donors (Lipinski definition) is 1. The Hall–Kier alpha value is -0.740. The van der Waals surface area contributed by atoms with Crippen LogP contribution < -0.4 is 0 Å². The maximum absolute atomic E-state index is 9.21. The first-order chi connectivity index (χ1) is 4.75. The van der Waals surface area contributed by atoms with Gasteiger partial charge in [0.1, 0.15) is 6.10 Å². The standard InChI is InChI=1S/C6H8N2OS/c1-3-5(9)6-4(2)7-8-10-6/h3,5,9H,1H2,2H3. The zero-order valence-corrected chi connectivity index (χ0v) is 6.43. The molecule has 0 saturated heterocycles. The quantitative estimate of drug-likeness (QED) is 0.651. The molecule has 1 aromatic rings. The van der Waals surface area contributed by atoms with E-state index in [1.807, 2.05) is 6.92 Å². The summed E-state index contributed by atoms with van der Waals surface area (Å²) in [6.45, 7) is 5.27. The number of nitrogens with zero attached hydrogens (tertiary/aromatic N) is 2. The van der Waals surface area contributed by atoms with Gasteiger partial charge in [-0.2, -0.15) is 0 Å². The van der Waals surface area contributed by atoms with E-state index in [4.69, 9.17) is 0 Å². The minimum Gasteiger partial charge on any atom is -0.383 e. The van der Waals surface area contributed by atoms with Crippen LogP contribution in [0, 0.1) is 6.92 Å². The number of aryl methyl sites for hydroxylation is 1. The lowest BCUT2D eigenvalue weighted by Gasteiger charge is -1.98. The Morgan fingerprint density at radius 3 is 2.90 bits per heavy atom. The van der Waals surface area contributed by atoms with Gasteiger partial charge in [0.25, 0.3) is 0 Å². The SMILES string of the molecule is C=CC(O)c1snnc1C. The zero-order chi connectivity index (χ0) is 7.56. The molecule has 1 heterocycles. The predicted molar refractivity (Wildman–Crippen MR) is 39.8 cm³/mol. The summed E-state index contributed by atoms with van der Waals surface area (Å²) in [5.74, 6) is 0. The molecule has 0 aliphatic heterocycles. The van der Waals surface area contributed by atoms with Crippen molar-refractivity contribution in [3.63, 3.8) is 0 Å². The van der Waals surface area contributed by atoms with Crippen molar-refractivity contribution in [1.29, 1.82) is 0 Å². The van der Waals surface area contributed by atoms with Gasteiger partial charge in [-0.15, -0.1) is 11.7 Å². The Morgan fingerprint density at radius 2 is 2.50 bits per heavy atom. The maximum Gasteiger partial charge on any atom is 0.110 e. The summed E-state index contributed by atoms with van der Waals surface area (Å²) in [5, 5.41) is 13.0. The first-order valence-electron chi connectivity index (χ1n) is 2.85. The molecule has 0 amide bonds. The Morgan fingerprint density at radius 1 is 1.80 bits per heavy atom. The van der Waals surface area contributed by atoms with E-state index >= 15 is 0 Å². The normalized spacial score (nSPS) is 13.0. The monoisotopic (exact) mass is 156 g/mol. The molecule has 1 unspecified atom stereocenters. The Labute approximate surface area is 63.2 Å². The average molecular weight is 156 g/mol. The zero-order valence-electron chi connectivity index (χ0n) is 5.61. The highest BCUT2D eigenvalue weighted by Crippen LogP contribution is 2.19. The van der Waals surface area contributed by atoms with Gasteiger partial charge in [-0.25, -0.2) is 0 Å². The van der Waals surface area contributed by atoms with E-state index in [1.165, 1.54) is 17.6 Å². The molecule has 0 radical (unpaired) electrons. The Balaban J connectivity index is 2.92. The molecule has 4 heteroatoms. The van der Waals surface area contributed by atoms with Crippen LogP contribution in [0.1, 0.15) is 16.7 Å². The van der Waals surface area contributed by atoms with Crippen molar-refractivity contribution < 1.29 is 5.11 Å². The third kappa shape index (κ3) is 1.22. The fourth-order valence-corrected chi connectivity index (χ4v) is 1.24. The molecular weight excluding hydrogens is 148 g/mol. The van der Waals surface area contributed by atoms with Crippen molar-refractivity contribution in [2.75, 3.05) is 0 Å². The molecule has 0 saturated carbocycles. The van der Waals surface area contributed by atoms with E-state index in [2.05, 4.69) is 16.2 Å². The second kappa shape index (κ2) is 2.90. The van der Waals surface area contributed by atoms with E-state index in [-0.39, 0.29) is 0 Å². The minimum absolute atomic E-state index is 0.611. The van der Waals surface area contributed by atoms with Crippen LogP contribution in [0.15, 0.2) is 12.7 Å². The van der Waals surface area contributed by atoms with Gasteiger partial charge in [0.05, 0.1) is 10.6 Å². The second-order valence-corrected chi connectivity index (χ2v) is 2.69. The molecule has 1 N–H and O–H groups in total. The maximum atomic E-state index is 9.21. The second-order valence-electron chi connectivity index (χ2n) is 1.90. The van der Waals surface area contributed by atoms with Crippen LogP contribution in [0.4, 0.5) is 0 Å². The van der Waals surface area contributed by atoms with Crippen molar-refractivity contribution in [2.45, 2.75) is 13.0 Å². The van der Waals surface area contributed by atoms with Gasteiger partial charge >= 0.3 is 0 Å². The molecule has 0 spiro atoms. The molecule has 1 atom stereocenters. The lowest BCUT2D eigenvalue weighted by Crippen LogP contribution is -1.90. The molecule has 3 nitrogen and oxygen atoms in total. The first kappa shape index (κ1) is 7.37. The van der Waals surface area contributed by atoms with Crippen LogP contribution in [-0.2, 0) is 0 Å². The van der Waals surface area contributed by atoms with Crippen molar-refractivity contribution in [2.24, 2.45) is 0 Å². The van der Waals surface area contributed by atoms with Gasteiger partial charge in [-0.3, -0.25) is 0 Å². The first-order valence-corrected chi connectivity index (χ1v) is 3.62. The van der Waals surface area contributed by atoms with Gasteiger partial charge in [-0.1, -0.05) is 10.6 Å². The van der Waals surface area contributed by atoms with E-state index in [0.29, 0.717) is 0 Å². The molecule has 0 bridgehead atoms. The number of aliphatic hydroxyl groups is 1. The van der Waals surface area contributed by atoms with Gasteiger partial charge in [0.2, 0.25) is 0 Å². The number of rotatable bonds is 2. The van der Waals surface area contributed by atoms with E-state index in [9.17, 15) is 5.11 Å². The van der Waals surface area contributed by atoms with Crippen molar-refractivity contribution >= 4 is 11.5 Å². The largest absolute Gasteiger partial charge is 0.383 e. The molecule has 10 heavy (non-hydrogen) atoms. The third-order valence-electron chi connectivity index (χ3n) is 1.18. The minimum atomic E-state index is -0.611. The summed E-state index contributed by atoms with van der Waals surface area (Å²) < 4.78 is 3.67. The van der Waals surface area contributed by atoms with Crippen molar-refractivity contribution in [1.82, 2.24) is 9.59 Å². The average Bonchev–Trinajstić information content (AvgIpc) is 2.34. The topological polar surface area (TPSA) is 46.0 Å².